The van der Waals surface area contributed by atoms with E-state index in [0.29, 0.717) is 0 Å². The van der Waals surface area contributed by atoms with E-state index in [9.17, 15) is 0 Å². The molecule has 0 radical (unpaired) electrons. The average Bonchev–Trinajstić information content (AvgIpc) is 2.49. The highest BCUT2D eigenvalue weighted by Gasteiger charge is 2.32. The zero-order chi connectivity index (χ0) is 17.3. The van der Waals surface area contributed by atoms with E-state index >= 15 is 0 Å². The van der Waals surface area contributed by atoms with Crippen LogP contribution in [0, 0.1) is 0 Å². The van der Waals surface area contributed by atoms with Crippen LogP contribution in [0.15, 0.2) is 30.8 Å². The van der Waals surface area contributed by atoms with Crippen molar-refractivity contribution >= 4 is 22.7 Å². The van der Waals surface area contributed by atoms with Crippen LogP contribution in [0.25, 0.3) is 6.08 Å². The molecule has 0 aliphatic carbocycles. The first-order chi connectivity index (χ1) is 10.8. The van der Waals surface area contributed by atoms with Gasteiger partial charge in [-0.2, -0.15) is 0 Å². The fourth-order valence-electron chi connectivity index (χ4n) is 2.87. The average molecular weight is 351 g/mol. The standard InChI is InChI=1S/C19H34O2Si2/c1-7-9-15-22(3,4)21-23(5,6)16-11-14-20-19-13-10-12-18(8-2)17-19/h8,10,12-13,17H,2,7,9,11,14-16H2,1,3-6H3. The summed E-state index contributed by atoms with van der Waals surface area (Å²) in [7, 11) is -3.07. The highest BCUT2D eigenvalue weighted by atomic mass is 28.4. The molecule has 0 N–H and O–H groups in total. The van der Waals surface area contributed by atoms with Gasteiger partial charge >= 0.3 is 0 Å². The molecule has 0 aliphatic rings. The van der Waals surface area contributed by atoms with Crippen molar-refractivity contribution in [2.75, 3.05) is 6.61 Å². The van der Waals surface area contributed by atoms with Crippen LogP contribution in [0.5, 0.6) is 5.75 Å². The largest absolute Gasteiger partial charge is 0.494 e. The van der Waals surface area contributed by atoms with Gasteiger partial charge in [-0.1, -0.05) is 44.6 Å². The summed E-state index contributed by atoms with van der Waals surface area (Å²) in [6.45, 7) is 16.3. The lowest BCUT2D eigenvalue weighted by molar-refractivity contribution is 0.314. The Kier molecular flexibility index (Phi) is 8.30. The van der Waals surface area contributed by atoms with Crippen molar-refractivity contribution in [3.05, 3.63) is 36.4 Å². The fourth-order valence-corrected chi connectivity index (χ4v) is 11.9. The number of hydrogen-bond acceptors (Lipinski definition) is 2. The third-order valence-corrected chi connectivity index (χ3v) is 11.5. The molecule has 1 aromatic rings. The van der Waals surface area contributed by atoms with Gasteiger partial charge in [-0.05, 0) is 62.4 Å². The van der Waals surface area contributed by atoms with E-state index in [4.69, 9.17) is 8.85 Å². The molecule has 130 valence electrons. The van der Waals surface area contributed by atoms with Crippen molar-refractivity contribution in [1.29, 1.82) is 0 Å². The van der Waals surface area contributed by atoms with Crippen molar-refractivity contribution < 1.29 is 8.85 Å². The van der Waals surface area contributed by atoms with Gasteiger partial charge in [0.2, 0.25) is 0 Å². The van der Waals surface area contributed by atoms with Crippen LogP contribution in [-0.4, -0.2) is 23.2 Å². The fraction of sp³-hybridized carbons (Fsp3) is 0.579. The molecule has 2 nitrogen and oxygen atoms in total. The van der Waals surface area contributed by atoms with Gasteiger partial charge in [-0.15, -0.1) is 0 Å². The van der Waals surface area contributed by atoms with Crippen LogP contribution in [0.2, 0.25) is 38.3 Å². The molecule has 1 aromatic carbocycles. The van der Waals surface area contributed by atoms with Crippen LogP contribution in [0.3, 0.4) is 0 Å². The number of ether oxygens (including phenoxy) is 1. The third kappa shape index (κ3) is 8.54. The predicted octanol–water partition coefficient (Wildman–Crippen LogP) is 6.33. The van der Waals surface area contributed by atoms with Crippen LogP contribution in [0.4, 0.5) is 0 Å². The minimum absolute atomic E-state index is 0.761. The van der Waals surface area contributed by atoms with E-state index in [0.717, 1.165) is 30.4 Å². The SMILES string of the molecule is C=Cc1cccc(OCCC[Si](C)(C)O[Si](C)(C)CCCC)c1. The van der Waals surface area contributed by atoms with Crippen molar-refractivity contribution in [2.24, 2.45) is 0 Å². The van der Waals surface area contributed by atoms with Gasteiger partial charge in [0.1, 0.15) is 5.75 Å². The lowest BCUT2D eigenvalue weighted by Gasteiger charge is -2.34. The van der Waals surface area contributed by atoms with Crippen molar-refractivity contribution in [3.8, 4) is 5.75 Å². The van der Waals surface area contributed by atoms with Gasteiger partial charge in [-0.3, -0.25) is 0 Å². The minimum atomic E-state index is -1.58. The summed E-state index contributed by atoms with van der Waals surface area (Å²) < 4.78 is 12.5. The Labute approximate surface area is 145 Å². The van der Waals surface area contributed by atoms with E-state index < -0.39 is 16.6 Å². The van der Waals surface area contributed by atoms with Crippen molar-refractivity contribution in [3.63, 3.8) is 0 Å². The normalized spacial score (nSPS) is 12.2. The maximum Gasteiger partial charge on any atom is 0.173 e. The van der Waals surface area contributed by atoms with Crippen LogP contribution in [0.1, 0.15) is 31.7 Å². The highest BCUT2D eigenvalue weighted by molar-refractivity contribution is 6.84. The number of benzene rings is 1. The van der Waals surface area contributed by atoms with Gasteiger partial charge in [-0.25, -0.2) is 0 Å². The molecule has 0 saturated heterocycles. The molecule has 0 aliphatic heterocycles. The van der Waals surface area contributed by atoms with Crippen LogP contribution in [-0.2, 0) is 4.12 Å². The Hall–Kier alpha value is -0.846. The van der Waals surface area contributed by atoms with Crippen LogP contribution < -0.4 is 4.74 Å². The molecule has 0 fully saturated rings. The maximum absolute atomic E-state index is 6.63. The van der Waals surface area contributed by atoms with Crippen molar-refractivity contribution in [2.45, 2.75) is 64.5 Å². The lowest BCUT2D eigenvalue weighted by atomic mass is 10.2. The van der Waals surface area contributed by atoms with Gasteiger partial charge < -0.3 is 8.85 Å². The summed E-state index contributed by atoms with van der Waals surface area (Å²) in [6.07, 6.45) is 5.47. The quantitative estimate of drug-likeness (QED) is 0.343. The lowest BCUT2D eigenvalue weighted by Crippen LogP contribution is -2.44. The Morgan fingerprint density at radius 1 is 1.04 bits per heavy atom. The predicted molar refractivity (Wildman–Crippen MR) is 107 cm³/mol. The topological polar surface area (TPSA) is 18.5 Å². The summed E-state index contributed by atoms with van der Waals surface area (Å²) in [4.78, 5) is 0. The first-order valence-corrected chi connectivity index (χ1v) is 15.1. The second-order valence-electron chi connectivity index (χ2n) is 7.45. The van der Waals surface area contributed by atoms with E-state index in [1.54, 1.807) is 0 Å². The number of unbranched alkanes of at least 4 members (excludes halogenated alkanes) is 1. The second kappa shape index (κ2) is 9.45. The van der Waals surface area contributed by atoms with Crippen LogP contribution >= 0.6 is 0 Å². The van der Waals surface area contributed by atoms with E-state index in [2.05, 4.69) is 39.7 Å². The molecule has 4 heteroatoms. The molecule has 23 heavy (non-hydrogen) atoms. The highest BCUT2D eigenvalue weighted by Crippen LogP contribution is 2.24. The summed E-state index contributed by atoms with van der Waals surface area (Å²) in [5, 5.41) is 0. The first-order valence-electron chi connectivity index (χ1n) is 8.83. The second-order valence-corrected chi connectivity index (χ2v) is 16.3. The smallest absolute Gasteiger partial charge is 0.173 e. The molecular formula is C19H34O2Si2. The van der Waals surface area contributed by atoms with Gasteiger partial charge in [0, 0.05) is 0 Å². The van der Waals surface area contributed by atoms with E-state index in [-0.39, 0.29) is 0 Å². The Balaban J connectivity index is 2.36. The third-order valence-electron chi connectivity index (χ3n) is 3.97. The molecule has 0 heterocycles. The molecule has 0 atom stereocenters. The monoisotopic (exact) mass is 350 g/mol. The van der Waals surface area contributed by atoms with Gasteiger partial charge in [0.15, 0.2) is 16.6 Å². The molecule has 1 rings (SSSR count). The summed E-state index contributed by atoms with van der Waals surface area (Å²) in [6, 6.07) is 10.5. The first kappa shape index (κ1) is 20.2. The van der Waals surface area contributed by atoms with E-state index in [1.807, 2.05) is 30.3 Å². The maximum atomic E-state index is 6.63. The minimum Gasteiger partial charge on any atom is -0.494 e. The molecule has 0 bridgehead atoms. The Morgan fingerprint density at radius 3 is 2.30 bits per heavy atom. The van der Waals surface area contributed by atoms with E-state index in [1.165, 1.54) is 18.9 Å². The zero-order valence-electron chi connectivity index (χ0n) is 15.7. The van der Waals surface area contributed by atoms with Gasteiger partial charge in [0.05, 0.1) is 6.61 Å². The Bertz CT molecular complexity index is 484. The van der Waals surface area contributed by atoms with Gasteiger partial charge in [0.25, 0.3) is 0 Å². The Morgan fingerprint density at radius 2 is 1.70 bits per heavy atom. The molecule has 0 aromatic heterocycles. The summed E-state index contributed by atoms with van der Waals surface area (Å²) in [5.41, 5.74) is 1.10. The zero-order valence-corrected chi connectivity index (χ0v) is 17.7. The summed E-state index contributed by atoms with van der Waals surface area (Å²) >= 11 is 0. The summed E-state index contributed by atoms with van der Waals surface area (Å²) in [5.74, 6) is 0.931. The number of rotatable bonds is 11. The molecule has 0 amide bonds. The number of hydrogen-bond donors (Lipinski definition) is 0. The molecular weight excluding hydrogens is 316 g/mol. The molecule has 0 saturated carbocycles. The molecule has 0 unspecified atom stereocenters. The van der Waals surface area contributed by atoms with Crippen molar-refractivity contribution in [1.82, 2.24) is 0 Å². The molecule has 0 spiro atoms.